The van der Waals surface area contributed by atoms with Gasteiger partial charge in [0.2, 0.25) is 5.91 Å². The van der Waals surface area contributed by atoms with Crippen LogP contribution in [0.5, 0.6) is 0 Å². The molecule has 0 aliphatic rings. The first-order valence-electron chi connectivity index (χ1n) is 9.29. The van der Waals surface area contributed by atoms with Crippen molar-refractivity contribution in [2.75, 3.05) is 18.9 Å². The number of carbonyl (C=O) groups excluding carboxylic acids is 1. The van der Waals surface area contributed by atoms with Crippen LogP contribution in [0.1, 0.15) is 17.0 Å². The van der Waals surface area contributed by atoms with E-state index < -0.39 is 4.92 Å². The first-order chi connectivity index (χ1) is 14.3. The van der Waals surface area contributed by atoms with Crippen LogP contribution in [0.15, 0.2) is 48.5 Å². The molecule has 0 bridgehead atoms. The molecule has 1 heterocycles. The third-order valence-corrected chi connectivity index (χ3v) is 5.02. The zero-order valence-electron chi connectivity index (χ0n) is 16.9. The Morgan fingerprint density at radius 2 is 1.93 bits per heavy atom. The second-order valence-corrected chi connectivity index (χ2v) is 7.45. The molecule has 0 saturated heterocycles. The van der Waals surface area contributed by atoms with Gasteiger partial charge in [0.05, 0.1) is 34.2 Å². The zero-order valence-corrected chi connectivity index (χ0v) is 17.7. The average Bonchev–Trinajstić information content (AvgIpc) is 2.98. The van der Waals surface area contributed by atoms with Gasteiger partial charge in [-0.15, -0.1) is 0 Å². The predicted octanol–water partition coefficient (Wildman–Crippen LogP) is 4.12. The lowest BCUT2D eigenvalue weighted by molar-refractivity contribution is -0.384. The summed E-state index contributed by atoms with van der Waals surface area (Å²) in [5.74, 6) is -0.210. The van der Waals surface area contributed by atoms with Gasteiger partial charge in [-0.05, 0) is 44.7 Å². The van der Waals surface area contributed by atoms with E-state index in [4.69, 9.17) is 11.6 Å². The molecule has 0 fully saturated rings. The average molecular weight is 428 g/mol. The number of nitro groups is 1. The van der Waals surface area contributed by atoms with E-state index >= 15 is 0 Å². The van der Waals surface area contributed by atoms with Gasteiger partial charge in [0.15, 0.2) is 0 Å². The predicted molar refractivity (Wildman–Crippen MR) is 116 cm³/mol. The molecular weight excluding hydrogens is 406 g/mol. The van der Waals surface area contributed by atoms with Gasteiger partial charge in [-0.3, -0.25) is 19.8 Å². The number of hydrogen-bond acceptors (Lipinski definition) is 5. The van der Waals surface area contributed by atoms with Crippen LogP contribution >= 0.6 is 11.6 Å². The Bertz CT molecular complexity index is 1080. The number of nitrogens with one attached hydrogen (secondary N) is 1. The molecule has 0 radical (unpaired) electrons. The molecule has 0 saturated carbocycles. The van der Waals surface area contributed by atoms with E-state index in [0.717, 1.165) is 11.4 Å². The second kappa shape index (κ2) is 9.06. The van der Waals surface area contributed by atoms with Gasteiger partial charge in [0.25, 0.3) is 5.69 Å². The maximum Gasteiger partial charge on any atom is 0.269 e. The number of aromatic nitrogens is 2. The standard InChI is InChI=1S/C21H22ClN5O3/c1-14-21(15(2)26(24-14)17-7-5-4-6-8-17)23-20(28)13-25(3)12-16-11-18(27(29)30)9-10-19(16)22/h4-11H,12-13H2,1-3H3,(H,23,28). The van der Waals surface area contributed by atoms with Gasteiger partial charge >= 0.3 is 0 Å². The fourth-order valence-electron chi connectivity index (χ4n) is 3.21. The number of rotatable bonds is 7. The zero-order chi connectivity index (χ0) is 21.8. The Morgan fingerprint density at radius 3 is 2.60 bits per heavy atom. The number of amides is 1. The van der Waals surface area contributed by atoms with Crippen molar-refractivity contribution < 1.29 is 9.72 Å². The van der Waals surface area contributed by atoms with Crippen molar-refractivity contribution in [2.24, 2.45) is 0 Å². The Hall–Kier alpha value is -3.23. The first kappa shape index (κ1) is 21.5. The Balaban J connectivity index is 1.68. The van der Waals surface area contributed by atoms with E-state index in [1.807, 2.05) is 44.2 Å². The molecular formula is C21H22ClN5O3. The van der Waals surface area contributed by atoms with E-state index in [9.17, 15) is 14.9 Å². The lowest BCUT2D eigenvalue weighted by Gasteiger charge is -2.17. The summed E-state index contributed by atoms with van der Waals surface area (Å²) in [6.45, 7) is 4.13. The number of aryl methyl sites for hydroxylation is 1. The van der Waals surface area contributed by atoms with Crippen LogP contribution in [0.3, 0.4) is 0 Å². The molecule has 1 amide bonds. The summed E-state index contributed by atoms with van der Waals surface area (Å²) >= 11 is 6.15. The molecule has 3 aromatic rings. The second-order valence-electron chi connectivity index (χ2n) is 7.05. The van der Waals surface area contributed by atoms with Crippen molar-refractivity contribution in [2.45, 2.75) is 20.4 Å². The lowest BCUT2D eigenvalue weighted by atomic mass is 10.2. The SMILES string of the molecule is Cc1nn(-c2ccccc2)c(C)c1NC(=O)CN(C)Cc1cc([N+](=O)[O-])ccc1Cl. The summed E-state index contributed by atoms with van der Waals surface area (Å²) < 4.78 is 1.79. The smallest absolute Gasteiger partial charge is 0.269 e. The number of para-hydroxylation sites is 1. The van der Waals surface area contributed by atoms with E-state index in [1.54, 1.807) is 16.6 Å². The summed E-state index contributed by atoms with van der Waals surface area (Å²) in [6, 6.07) is 14.0. The van der Waals surface area contributed by atoms with Gasteiger partial charge in [-0.25, -0.2) is 4.68 Å². The highest BCUT2D eigenvalue weighted by molar-refractivity contribution is 6.31. The van der Waals surface area contributed by atoms with Crippen LogP contribution in [-0.2, 0) is 11.3 Å². The molecule has 0 atom stereocenters. The maximum absolute atomic E-state index is 12.6. The molecule has 0 aliphatic heterocycles. The van der Waals surface area contributed by atoms with Crippen molar-refractivity contribution in [3.8, 4) is 5.69 Å². The molecule has 3 rings (SSSR count). The molecule has 30 heavy (non-hydrogen) atoms. The van der Waals surface area contributed by atoms with E-state index in [2.05, 4.69) is 10.4 Å². The van der Waals surface area contributed by atoms with Crippen molar-refractivity contribution in [3.05, 3.63) is 80.6 Å². The Labute approximate surface area is 179 Å². The first-order valence-corrected chi connectivity index (χ1v) is 9.67. The van der Waals surface area contributed by atoms with Gasteiger partial charge in [0.1, 0.15) is 0 Å². The van der Waals surface area contributed by atoms with Crippen molar-refractivity contribution >= 4 is 28.9 Å². The van der Waals surface area contributed by atoms with Gasteiger partial charge in [-0.1, -0.05) is 29.8 Å². The van der Waals surface area contributed by atoms with Crippen LogP contribution in [0.4, 0.5) is 11.4 Å². The highest BCUT2D eigenvalue weighted by atomic mass is 35.5. The normalized spacial score (nSPS) is 11.0. The van der Waals surface area contributed by atoms with Gasteiger partial charge < -0.3 is 5.32 Å². The van der Waals surface area contributed by atoms with Crippen molar-refractivity contribution in [3.63, 3.8) is 0 Å². The third kappa shape index (κ3) is 4.84. The molecule has 156 valence electrons. The molecule has 9 heteroatoms. The molecule has 0 unspecified atom stereocenters. The van der Waals surface area contributed by atoms with Crippen LogP contribution in [0.2, 0.25) is 5.02 Å². The van der Waals surface area contributed by atoms with Gasteiger partial charge in [-0.2, -0.15) is 5.10 Å². The monoisotopic (exact) mass is 427 g/mol. The van der Waals surface area contributed by atoms with Gasteiger partial charge in [0, 0.05) is 23.7 Å². The minimum Gasteiger partial charge on any atom is -0.322 e. The van der Waals surface area contributed by atoms with E-state index in [0.29, 0.717) is 28.5 Å². The number of nitro benzene ring substituents is 1. The lowest BCUT2D eigenvalue weighted by Crippen LogP contribution is -2.30. The Kier molecular flexibility index (Phi) is 6.49. The van der Waals surface area contributed by atoms with E-state index in [1.165, 1.54) is 18.2 Å². The number of halogens is 1. The molecule has 0 spiro atoms. The number of likely N-dealkylation sites (N-methyl/N-ethyl adjacent to an activating group) is 1. The highest BCUT2D eigenvalue weighted by Crippen LogP contribution is 2.24. The summed E-state index contributed by atoms with van der Waals surface area (Å²) in [5, 5.41) is 18.8. The highest BCUT2D eigenvalue weighted by Gasteiger charge is 2.17. The van der Waals surface area contributed by atoms with Crippen LogP contribution in [0, 0.1) is 24.0 Å². The quantitative estimate of drug-likeness (QED) is 0.452. The fourth-order valence-corrected chi connectivity index (χ4v) is 3.39. The van der Waals surface area contributed by atoms with Crippen LogP contribution in [0.25, 0.3) is 5.69 Å². The number of non-ortho nitro benzene ring substituents is 1. The van der Waals surface area contributed by atoms with Crippen molar-refractivity contribution in [1.82, 2.24) is 14.7 Å². The molecule has 2 aromatic carbocycles. The molecule has 0 aliphatic carbocycles. The number of anilines is 1. The largest absolute Gasteiger partial charge is 0.322 e. The number of nitrogens with zero attached hydrogens (tertiary/aromatic N) is 4. The molecule has 1 aromatic heterocycles. The fraction of sp³-hybridized carbons (Fsp3) is 0.238. The van der Waals surface area contributed by atoms with Crippen LogP contribution in [-0.4, -0.2) is 39.1 Å². The molecule has 8 nitrogen and oxygen atoms in total. The number of carbonyl (C=O) groups is 1. The topological polar surface area (TPSA) is 93.3 Å². The van der Waals surface area contributed by atoms with Crippen molar-refractivity contribution in [1.29, 1.82) is 0 Å². The minimum atomic E-state index is -0.470. The summed E-state index contributed by atoms with van der Waals surface area (Å²) in [4.78, 5) is 24.8. The van der Waals surface area contributed by atoms with Crippen LogP contribution < -0.4 is 5.32 Å². The summed E-state index contributed by atoms with van der Waals surface area (Å²) in [7, 11) is 1.75. The molecule has 1 N–H and O–H groups in total. The minimum absolute atomic E-state index is 0.0353. The maximum atomic E-state index is 12.6. The summed E-state index contributed by atoms with van der Waals surface area (Å²) in [5.41, 5.74) is 3.68. The third-order valence-electron chi connectivity index (χ3n) is 4.65. The number of benzene rings is 2. The Morgan fingerprint density at radius 1 is 1.23 bits per heavy atom. The summed E-state index contributed by atoms with van der Waals surface area (Å²) in [6.07, 6.45) is 0. The van der Waals surface area contributed by atoms with E-state index in [-0.39, 0.29) is 18.1 Å². The number of hydrogen-bond donors (Lipinski definition) is 1.